The summed E-state index contributed by atoms with van der Waals surface area (Å²) in [6, 6.07) is 16.2. The van der Waals surface area contributed by atoms with Gasteiger partial charge in [-0.1, -0.05) is 49.4 Å². The topological polar surface area (TPSA) is 140 Å². The van der Waals surface area contributed by atoms with Gasteiger partial charge in [-0.15, -0.1) is 10.2 Å². The van der Waals surface area contributed by atoms with Gasteiger partial charge < -0.3 is 14.2 Å². The number of nitrogens with zero attached hydrogens (tertiary/aromatic N) is 3. The fourth-order valence-corrected chi connectivity index (χ4v) is 5.70. The van der Waals surface area contributed by atoms with Gasteiger partial charge in [0.05, 0.1) is 12.9 Å². The molecule has 0 spiro atoms. The quantitative estimate of drug-likeness (QED) is 0.156. The molecule has 1 heterocycles. The number of amides is 1. The van der Waals surface area contributed by atoms with Gasteiger partial charge >= 0.3 is 0 Å². The molecule has 37 heavy (non-hydrogen) atoms. The largest absolute Gasteiger partial charge is 0.493 e. The van der Waals surface area contributed by atoms with E-state index in [1.54, 1.807) is 32.0 Å². The van der Waals surface area contributed by atoms with Crippen LogP contribution in [0.2, 0.25) is 0 Å². The van der Waals surface area contributed by atoms with Crippen molar-refractivity contribution < 1.29 is 27.4 Å². The van der Waals surface area contributed by atoms with Crippen molar-refractivity contribution in [3.8, 4) is 23.3 Å². The first-order valence-corrected chi connectivity index (χ1v) is 13.7. The summed E-state index contributed by atoms with van der Waals surface area (Å²) in [5, 5.41) is 19.3. The monoisotopic (exact) mass is 542 g/mol. The number of ether oxygens (including phenoxy) is 3. The Kier molecular flexibility index (Phi) is 9.59. The van der Waals surface area contributed by atoms with Crippen molar-refractivity contribution in [3.05, 3.63) is 59.7 Å². The minimum absolute atomic E-state index is 0.0208. The van der Waals surface area contributed by atoms with E-state index in [1.807, 2.05) is 36.4 Å². The summed E-state index contributed by atoms with van der Waals surface area (Å²) in [4.78, 5) is 12.6. The number of hydrogen-bond donors (Lipinski definition) is 1. The second-order valence-corrected chi connectivity index (χ2v) is 11.3. The van der Waals surface area contributed by atoms with Crippen LogP contribution in [0.25, 0.3) is 6.08 Å². The molecule has 0 bridgehead atoms. The molecular formula is C25H26N4O6S2. The molecular weight excluding hydrogens is 516 g/mol. The lowest BCUT2D eigenvalue weighted by Crippen LogP contribution is -2.13. The molecule has 0 saturated heterocycles. The molecule has 3 aromatic rings. The summed E-state index contributed by atoms with van der Waals surface area (Å²) in [5.41, 5.74) is 0.308. The number of nitrogens with one attached hydrogen (secondary N) is 1. The lowest BCUT2D eigenvalue weighted by molar-refractivity contribution is -0.112. The highest BCUT2D eigenvalue weighted by atomic mass is 32.2. The molecule has 0 fully saturated rings. The van der Waals surface area contributed by atoms with E-state index in [2.05, 4.69) is 15.5 Å². The number of rotatable bonds is 12. The molecule has 194 valence electrons. The molecule has 1 amide bonds. The van der Waals surface area contributed by atoms with Crippen molar-refractivity contribution in [3.63, 3.8) is 0 Å². The highest BCUT2D eigenvalue weighted by molar-refractivity contribution is 7.93. The summed E-state index contributed by atoms with van der Waals surface area (Å²) in [6.07, 6.45) is 1.37. The number of hydrogen-bond acceptors (Lipinski definition) is 10. The molecule has 0 unspecified atom stereocenters. The fourth-order valence-electron chi connectivity index (χ4n) is 3.10. The van der Waals surface area contributed by atoms with Crippen molar-refractivity contribution in [1.82, 2.24) is 10.2 Å². The molecule has 0 radical (unpaired) electrons. The molecule has 2 aromatic carbocycles. The zero-order valence-corrected chi connectivity index (χ0v) is 22.1. The third kappa shape index (κ3) is 8.03. The summed E-state index contributed by atoms with van der Waals surface area (Å²) >= 11 is 0.735. The first-order valence-electron chi connectivity index (χ1n) is 11.2. The average molecular weight is 543 g/mol. The first-order chi connectivity index (χ1) is 17.7. The summed E-state index contributed by atoms with van der Waals surface area (Å²) < 4.78 is 41.2. The normalized spacial score (nSPS) is 11.6. The second-order valence-electron chi connectivity index (χ2n) is 8.09. The highest BCUT2D eigenvalue weighted by Crippen LogP contribution is 2.29. The van der Waals surface area contributed by atoms with E-state index >= 15 is 0 Å². The Hall–Kier alpha value is -3.95. The third-order valence-corrected chi connectivity index (χ3v) is 8.03. The molecule has 0 saturated carbocycles. The lowest BCUT2D eigenvalue weighted by Gasteiger charge is -2.12. The van der Waals surface area contributed by atoms with Gasteiger partial charge in [0.25, 0.3) is 5.91 Å². The van der Waals surface area contributed by atoms with Crippen molar-refractivity contribution in [2.24, 2.45) is 5.92 Å². The Morgan fingerprint density at radius 1 is 1.11 bits per heavy atom. The van der Waals surface area contributed by atoms with E-state index < -0.39 is 15.7 Å². The smallest absolute Gasteiger partial charge is 0.268 e. The van der Waals surface area contributed by atoms with Gasteiger partial charge in [0.2, 0.25) is 19.3 Å². The number of carbonyl (C=O) groups excluding carboxylic acids is 1. The van der Waals surface area contributed by atoms with Crippen LogP contribution in [0.5, 0.6) is 17.2 Å². The first kappa shape index (κ1) is 27.6. The van der Waals surface area contributed by atoms with Gasteiger partial charge in [0.1, 0.15) is 30.6 Å². The van der Waals surface area contributed by atoms with Crippen LogP contribution in [0.15, 0.2) is 58.4 Å². The average Bonchev–Trinajstić information content (AvgIpc) is 3.35. The maximum atomic E-state index is 12.6. The predicted molar refractivity (Wildman–Crippen MR) is 139 cm³/mol. The Labute approximate surface area is 219 Å². The van der Waals surface area contributed by atoms with Gasteiger partial charge in [-0.3, -0.25) is 10.1 Å². The molecule has 0 aliphatic carbocycles. The van der Waals surface area contributed by atoms with E-state index in [0.29, 0.717) is 23.7 Å². The number of aromatic nitrogens is 2. The molecule has 1 N–H and O–H groups in total. The van der Waals surface area contributed by atoms with Gasteiger partial charge in [0, 0.05) is 0 Å². The van der Waals surface area contributed by atoms with Crippen molar-refractivity contribution in [2.75, 3.05) is 31.4 Å². The molecule has 12 heteroatoms. The van der Waals surface area contributed by atoms with Crippen LogP contribution in [-0.4, -0.2) is 50.6 Å². The number of benzene rings is 2. The minimum atomic E-state index is -3.60. The Morgan fingerprint density at radius 2 is 1.84 bits per heavy atom. The Balaban J connectivity index is 1.65. The molecule has 3 rings (SSSR count). The van der Waals surface area contributed by atoms with Crippen LogP contribution in [0, 0.1) is 17.2 Å². The SMILES string of the molecule is COc1cc(C=C(C#N)C(=O)Nc2nnc(S(=O)(=O)CC(C)C)s2)ccc1OCCOc1ccccc1. The lowest BCUT2D eigenvalue weighted by atomic mass is 10.1. The second kappa shape index (κ2) is 12.8. The van der Waals surface area contributed by atoms with E-state index in [0.717, 1.165) is 17.1 Å². The zero-order valence-electron chi connectivity index (χ0n) is 20.5. The maximum absolute atomic E-state index is 12.6. The van der Waals surface area contributed by atoms with Crippen LogP contribution in [0.4, 0.5) is 5.13 Å². The molecule has 10 nitrogen and oxygen atoms in total. The number of para-hydroxylation sites is 1. The van der Waals surface area contributed by atoms with Crippen LogP contribution in [-0.2, 0) is 14.6 Å². The molecule has 0 atom stereocenters. The fraction of sp³-hybridized carbons (Fsp3) is 0.280. The third-order valence-electron chi connectivity index (χ3n) is 4.66. The van der Waals surface area contributed by atoms with E-state index in [9.17, 15) is 18.5 Å². The van der Waals surface area contributed by atoms with Crippen LogP contribution >= 0.6 is 11.3 Å². The minimum Gasteiger partial charge on any atom is -0.493 e. The molecule has 0 aliphatic heterocycles. The number of anilines is 1. The number of carbonyl (C=O) groups is 1. The highest BCUT2D eigenvalue weighted by Gasteiger charge is 2.23. The van der Waals surface area contributed by atoms with E-state index in [1.165, 1.54) is 13.2 Å². The maximum Gasteiger partial charge on any atom is 0.268 e. The van der Waals surface area contributed by atoms with Crippen molar-refractivity contribution >= 4 is 38.3 Å². The number of nitriles is 1. The zero-order chi connectivity index (χ0) is 26.8. The number of methoxy groups -OCH3 is 1. The van der Waals surface area contributed by atoms with Crippen LogP contribution in [0.1, 0.15) is 19.4 Å². The molecule has 1 aromatic heterocycles. The van der Waals surface area contributed by atoms with E-state index in [-0.39, 0.29) is 33.3 Å². The van der Waals surface area contributed by atoms with Crippen LogP contribution in [0.3, 0.4) is 0 Å². The Bertz CT molecular complexity index is 1400. The Morgan fingerprint density at radius 3 is 2.51 bits per heavy atom. The van der Waals surface area contributed by atoms with Crippen molar-refractivity contribution in [2.45, 2.75) is 18.2 Å². The summed E-state index contributed by atoms with van der Waals surface area (Å²) in [7, 11) is -2.12. The van der Waals surface area contributed by atoms with Crippen LogP contribution < -0.4 is 19.5 Å². The summed E-state index contributed by atoms with van der Waals surface area (Å²) in [5.74, 6) is 0.710. The van der Waals surface area contributed by atoms with E-state index in [4.69, 9.17) is 14.2 Å². The van der Waals surface area contributed by atoms with Crippen molar-refractivity contribution in [1.29, 1.82) is 5.26 Å². The standard InChI is InChI=1S/C25H26N4O6S2/c1-17(2)16-37(31,32)25-29-28-24(36-25)27-23(30)19(15-26)13-18-9-10-21(22(14-18)33-3)35-12-11-34-20-7-5-4-6-8-20/h4-10,13-14,17H,11-12,16H2,1-3H3,(H,27,28,30). The number of sulfone groups is 1. The van der Waals surface area contributed by atoms with Gasteiger partial charge in [-0.05, 0) is 41.8 Å². The predicted octanol–water partition coefficient (Wildman–Crippen LogP) is 3.98. The molecule has 0 aliphatic rings. The van der Waals surface area contributed by atoms with Gasteiger partial charge in [-0.2, -0.15) is 5.26 Å². The summed E-state index contributed by atoms with van der Waals surface area (Å²) in [6.45, 7) is 4.17. The van der Waals surface area contributed by atoms with Gasteiger partial charge in [0.15, 0.2) is 11.5 Å². The van der Waals surface area contributed by atoms with Gasteiger partial charge in [-0.25, -0.2) is 8.42 Å².